The van der Waals surface area contributed by atoms with E-state index in [-0.39, 0.29) is 11.9 Å². The van der Waals surface area contributed by atoms with Gasteiger partial charge in [-0.15, -0.1) is 0 Å². The first-order valence-electron chi connectivity index (χ1n) is 3.94. The van der Waals surface area contributed by atoms with Crippen LogP contribution in [0.4, 0.5) is 4.39 Å². The van der Waals surface area contributed by atoms with Crippen LogP contribution in [0.25, 0.3) is 0 Å². The average Bonchev–Trinajstić information content (AvgIpc) is 2.48. The Morgan fingerprint density at radius 1 is 1.83 bits per heavy atom. The third kappa shape index (κ3) is 2.08. The van der Waals surface area contributed by atoms with E-state index in [0.29, 0.717) is 23.7 Å². The summed E-state index contributed by atoms with van der Waals surface area (Å²) in [6.45, 7) is 0. The predicted molar refractivity (Wildman–Crippen MR) is 52.1 cm³/mol. The highest BCUT2D eigenvalue weighted by Crippen LogP contribution is 2.39. The molecule has 0 unspecified atom stereocenters. The van der Waals surface area contributed by atoms with E-state index >= 15 is 0 Å². The lowest BCUT2D eigenvalue weighted by Crippen LogP contribution is -2.22. The second-order valence-corrected chi connectivity index (χ2v) is 4.01. The first-order valence-corrected chi connectivity index (χ1v) is 5.46. The molecule has 12 heavy (non-hydrogen) atoms. The van der Waals surface area contributed by atoms with Crippen LogP contribution < -0.4 is 0 Å². The van der Waals surface area contributed by atoms with E-state index < -0.39 is 5.67 Å². The van der Waals surface area contributed by atoms with E-state index in [1.165, 1.54) is 7.11 Å². The molecule has 0 aromatic carbocycles. The number of carbonyl (C=O) groups is 1. The van der Waals surface area contributed by atoms with E-state index in [2.05, 4.69) is 4.74 Å². The Morgan fingerprint density at radius 2 is 2.50 bits per heavy atom. The molecule has 0 aromatic rings. The molecule has 0 radical (unpaired) electrons. The van der Waals surface area contributed by atoms with E-state index in [1.54, 1.807) is 0 Å². The number of rotatable bonds is 2. The molecule has 0 spiro atoms. The van der Waals surface area contributed by atoms with E-state index in [1.807, 2.05) is 22.6 Å². The quantitative estimate of drug-likeness (QED) is 0.441. The molecule has 0 bridgehead atoms. The fraction of sp³-hybridized carbons (Fsp3) is 0.875. The standard InChI is InChI=1S/C8H12FIO2/c1-12-7(11)6-2-3-8(9,4-6)5-10/h6H,2-5H2,1H3/t6-,8+/m1/s1. The maximum atomic E-state index is 13.6. The van der Waals surface area contributed by atoms with Crippen molar-refractivity contribution in [1.29, 1.82) is 0 Å². The van der Waals surface area contributed by atoms with Crippen LogP contribution in [0.2, 0.25) is 0 Å². The molecule has 1 aliphatic rings. The Hall–Kier alpha value is 0.130. The number of hydrogen-bond acceptors (Lipinski definition) is 2. The van der Waals surface area contributed by atoms with E-state index in [4.69, 9.17) is 0 Å². The summed E-state index contributed by atoms with van der Waals surface area (Å²) in [4.78, 5) is 11.0. The maximum Gasteiger partial charge on any atom is 0.308 e. The largest absolute Gasteiger partial charge is 0.469 e. The van der Waals surface area contributed by atoms with Gasteiger partial charge in [0.1, 0.15) is 5.67 Å². The van der Waals surface area contributed by atoms with Crippen LogP contribution >= 0.6 is 22.6 Å². The molecule has 1 fully saturated rings. The van der Waals surface area contributed by atoms with Crippen molar-refractivity contribution in [2.45, 2.75) is 24.9 Å². The van der Waals surface area contributed by atoms with Gasteiger partial charge in [-0.05, 0) is 19.3 Å². The lowest BCUT2D eigenvalue weighted by atomic mass is 10.0. The Bertz CT molecular complexity index is 186. The number of halogens is 2. The Labute approximate surface area is 85.0 Å². The molecule has 0 saturated heterocycles. The first kappa shape index (κ1) is 10.2. The smallest absolute Gasteiger partial charge is 0.308 e. The van der Waals surface area contributed by atoms with Crippen LogP contribution in [0, 0.1) is 5.92 Å². The maximum absolute atomic E-state index is 13.6. The summed E-state index contributed by atoms with van der Waals surface area (Å²) in [5, 5.41) is 0. The van der Waals surface area contributed by atoms with Crippen LogP contribution in [0.3, 0.4) is 0 Å². The monoisotopic (exact) mass is 286 g/mol. The first-order chi connectivity index (χ1) is 5.61. The van der Waals surface area contributed by atoms with Gasteiger partial charge in [-0.25, -0.2) is 4.39 Å². The summed E-state index contributed by atoms with van der Waals surface area (Å²) in [6, 6.07) is 0. The summed E-state index contributed by atoms with van der Waals surface area (Å²) < 4.78 is 18.6. The zero-order valence-corrected chi connectivity index (χ0v) is 9.14. The van der Waals surface area contributed by atoms with Crippen molar-refractivity contribution in [3.63, 3.8) is 0 Å². The lowest BCUT2D eigenvalue weighted by Gasteiger charge is -2.15. The zero-order chi connectivity index (χ0) is 9.19. The molecular weight excluding hydrogens is 274 g/mol. The van der Waals surface area contributed by atoms with E-state index in [0.717, 1.165) is 0 Å². The third-order valence-corrected chi connectivity index (χ3v) is 3.69. The van der Waals surface area contributed by atoms with Crippen LogP contribution in [-0.2, 0) is 9.53 Å². The Balaban J connectivity index is 2.50. The lowest BCUT2D eigenvalue weighted by molar-refractivity contribution is -0.145. The Morgan fingerprint density at radius 3 is 2.92 bits per heavy atom. The van der Waals surface area contributed by atoms with Crippen molar-refractivity contribution < 1.29 is 13.9 Å². The van der Waals surface area contributed by atoms with Crippen molar-refractivity contribution in [3.05, 3.63) is 0 Å². The summed E-state index contributed by atoms with van der Waals surface area (Å²) in [7, 11) is 1.35. The summed E-state index contributed by atoms with van der Waals surface area (Å²) in [6.07, 6.45) is 1.46. The highest BCUT2D eigenvalue weighted by Gasteiger charge is 2.41. The minimum Gasteiger partial charge on any atom is -0.469 e. The molecule has 0 heterocycles. The fourth-order valence-corrected chi connectivity index (χ4v) is 2.26. The van der Waals surface area contributed by atoms with Gasteiger partial charge in [0.15, 0.2) is 0 Å². The summed E-state index contributed by atoms with van der Waals surface area (Å²) in [5.74, 6) is -0.478. The molecule has 0 aromatic heterocycles. The molecule has 1 rings (SSSR count). The molecule has 0 amide bonds. The molecule has 70 valence electrons. The topological polar surface area (TPSA) is 26.3 Å². The van der Waals surface area contributed by atoms with Crippen LogP contribution in [0.15, 0.2) is 0 Å². The highest BCUT2D eigenvalue weighted by atomic mass is 127. The van der Waals surface area contributed by atoms with Crippen molar-refractivity contribution >= 4 is 28.6 Å². The van der Waals surface area contributed by atoms with Crippen molar-refractivity contribution in [3.8, 4) is 0 Å². The predicted octanol–water partition coefficient (Wildman–Crippen LogP) is 2.10. The van der Waals surface area contributed by atoms with Gasteiger partial charge in [0.05, 0.1) is 13.0 Å². The summed E-state index contributed by atoms with van der Waals surface area (Å²) in [5.41, 5.74) is -1.13. The number of hydrogen-bond donors (Lipinski definition) is 0. The van der Waals surface area contributed by atoms with Gasteiger partial charge in [-0.1, -0.05) is 22.6 Å². The van der Waals surface area contributed by atoms with Crippen molar-refractivity contribution in [1.82, 2.24) is 0 Å². The molecule has 1 saturated carbocycles. The van der Waals surface area contributed by atoms with Crippen molar-refractivity contribution in [2.75, 3.05) is 11.5 Å². The van der Waals surface area contributed by atoms with Gasteiger partial charge in [-0.3, -0.25) is 4.79 Å². The van der Waals surface area contributed by atoms with Gasteiger partial charge in [-0.2, -0.15) is 0 Å². The number of alkyl halides is 2. The van der Waals surface area contributed by atoms with Gasteiger partial charge >= 0.3 is 5.97 Å². The van der Waals surface area contributed by atoms with Crippen LogP contribution in [0.5, 0.6) is 0 Å². The normalized spacial score (nSPS) is 35.1. The molecular formula is C8H12FIO2. The van der Waals surface area contributed by atoms with Gasteiger partial charge in [0.25, 0.3) is 0 Å². The van der Waals surface area contributed by atoms with Crippen molar-refractivity contribution in [2.24, 2.45) is 5.92 Å². The molecule has 0 N–H and O–H groups in total. The van der Waals surface area contributed by atoms with Crippen LogP contribution in [-0.4, -0.2) is 23.2 Å². The highest BCUT2D eigenvalue weighted by molar-refractivity contribution is 14.1. The van der Waals surface area contributed by atoms with Crippen LogP contribution in [0.1, 0.15) is 19.3 Å². The minimum absolute atomic E-state index is 0.213. The molecule has 1 aliphatic carbocycles. The summed E-state index contributed by atoms with van der Waals surface area (Å²) >= 11 is 2.02. The fourth-order valence-electron chi connectivity index (χ4n) is 1.57. The number of carbonyl (C=O) groups excluding carboxylic acids is 1. The number of ether oxygens (including phenoxy) is 1. The third-order valence-electron chi connectivity index (χ3n) is 2.33. The number of methoxy groups -OCH3 is 1. The molecule has 2 atom stereocenters. The molecule has 0 aliphatic heterocycles. The molecule has 2 nitrogen and oxygen atoms in total. The second kappa shape index (κ2) is 3.89. The molecule has 4 heteroatoms. The van der Waals surface area contributed by atoms with E-state index in [9.17, 15) is 9.18 Å². The van der Waals surface area contributed by atoms with Gasteiger partial charge in [0.2, 0.25) is 0 Å². The number of esters is 1. The zero-order valence-electron chi connectivity index (χ0n) is 6.98. The minimum atomic E-state index is -1.13. The second-order valence-electron chi connectivity index (χ2n) is 3.25. The SMILES string of the molecule is COC(=O)[C@@H]1CC[C@@](F)(CI)C1. The van der Waals surface area contributed by atoms with Gasteiger partial charge < -0.3 is 4.74 Å². The van der Waals surface area contributed by atoms with Gasteiger partial charge in [0, 0.05) is 4.43 Å². The average molecular weight is 286 g/mol. The Kier molecular flexibility index (Phi) is 3.31.